The predicted molar refractivity (Wildman–Crippen MR) is 85.7 cm³/mol. The van der Waals surface area contributed by atoms with E-state index in [9.17, 15) is 4.79 Å². The molecule has 0 atom stereocenters. The van der Waals surface area contributed by atoms with Gasteiger partial charge in [-0.1, -0.05) is 27.5 Å². The number of nitrogens with one attached hydrogen (secondary N) is 1. The Bertz CT molecular complexity index is 647. The van der Waals surface area contributed by atoms with Crippen molar-refractivity contribution in [3.63, 3.8) is 0 Å². The molecule has 0 spiro atoms. The summed E-state index contributed by atoms with van der Waals surface area (Å²) in [6, 6.07) is 10.3. The van der Waals surface area contributed by atoms with E-state index in [1.807, 2.05) is 0 Å². The molecule has 98 valence electrons. The first-order valence-corrected chi connectivity index (χ1v) is 7.25. The zero-order chi connectivity index (χ0) is 14.0. The fourth-order valence-electron chi connectivity index (χ4n) is 1.49. The van der Waals surface area contributed by atoms with Gasteiger partial charge in [0.05, 0.1) is 16.3 Å². The van der Waals surface area contributed by atoms with Crippen LogP contribution in [0.1, 0.15) is 10.4 Å². The topological polar surface area (TPSA) is 55.1 Å². The first-order chi connectivity index (χ1) is 8.97. The van der Waals surface area contributed by atoms with E-state index in [1.54, 1.807) is 36.4 Å². The second-order valence-corrected chi connectivity index (χ2v) is 5.99. The molecule has 0 fully saturated rings. The Labute approximate surface area is 132 Å². The van der Waals surface area contributed by atoms with Gasteiger partial charge in [0, 0.05) is 14.6 Å². The molecule has 2 aromatic carbocycles. The molecular formula is C13H9Br2ClN2O. The van der Waals surface area contributed by atoms with Crippen LogP contribution in [0.4, 0.5) is 11.4 Å². The highest BCUT2D eigenvalue weighted by molar-refractivity contribution is 9.10. The summed E-state index contributed by atoms with van der Waals surface area (Å²) in [6.07, 6.45) is 0. The number of amides is 1. The van der Waals surface area contributed by atoms with Gasteiger partial charge >= 0.3 is 0 Å². The van der Waals surface area contributed by atoms with Crippen molar-refractivity contribution in [2.45, 2.75) is 0 Å². The van der Waals surface area contributed by atoms with E-state index in [-0.39, 0.29) is 5.91 Å². The van der Waals surface area contributed by atoms with Crippen LogP contribution in [-0.4, -0.2) is 5.91 Å². The van der Waals surface area contributed by atoms with Crippen LogP contribution in [0.3, 0.4) is 0 Å². The summed E-state index contributed by atoms with van der Waals surface area (Å²) in [5.74, 6) is -0.281. The standard InChI is InChI=1S/C13H9Br2ClN2O/c14-7-1-3-11(16)9(5-7)13(19)18-12-4-2-8(17)6-10(12)15/h1-6H,17H2,(H,18,19). The summed E-state index contributed by atoms with van der Waals surface area (Å²) in [4.78, 5) is 12.2. The Morgan fingerprint density at radius 3 is 2.58 bits per heavy atom. The second-order valence-electron chi connectivity index (χ2n) is 3.82. The number of halogens is 3. The monoisotopic (exact) mass is 402 g/mol. The highest BCUT2D eigenvalue weighted by Crippen LogP contribution is 2.27. The smallest absolute Gasteiger partial charge is 0.257 e. The van der Waals surface area contributed by atoms with Crippen molar-refractivity contribution in [1.82, 2.24) is 0 Å². The van der Waals surface area contributed by atoms with Gasteiger partial charge in [-0.15, -0.1) is 0 Å². The lowest BCUT2D eigenvalue weighted by Gasteiger charge is -2.09. The summed E-state index contributed by atoms with van der Waals surface area (Å²) < 4.78 is 1.50. The Morgan fingerprint density at radius 2 is 1.89 bits per heavy atom. The van der Waals surface area contributed by atoms with Crippen LogP contribution in [0.15, 0.2) is 45.3 Å². The van der Waals surface area contributed by atoms with E-state index in [4.69, 9.17) is 17.3 Å². The minimum absolute atomic E-state index is 0.281. The molecule has 2 aromatic rings. The van der Waals surface area contributed by atoms with E-state index in [2.05, 4.69) is 37.2 Å². The third kappa shape index (κ3) is 3.49. The molecule has 0 aliphatic heterocycles. The van der Waals surface area contributed by atoms with Crippen molar-refractivity contribution in [2.75, 3.05) is 11.1 Å². The average molecular weight is 404 g/mol. The Kier molecular flexibility index (Phi) is 4.50. The number of nitrogen functional groups attached to an aromatic ring is 1. The van der Waals surface area contributed by atoms with Crippen molar-refractivity contribution < 1.29 is 4.79 Å². The molecule has 0 aliphatic carbocycles. The first-order valence-electron chi connectivity index (χ1n) is 5.29. The maximum absolute atomic E-state index is 12.2. The largest absolute Gasteiger partial charge is 0.399 e. The fraction of sp³-hybridized carbons (Fsp3) is 0. The number of carbonyl (C=O) groups is 1. The second kappa shape index (κ2) is 5.94. The lowest BCUT2D eigenvalue weighted by Crippen LogP contribution is -2.13. The maximum Gasteiger partial charge on any atom is 0.257 e. The number of hydrogen-bond acceptors (Lipinski definition) is 2. The molecule has 0 saturated heterocycles. The molecule has 19 heavy (non-hydrogen) atoms. The van der Waals surface area contributed by atoms with Crippen molar-refractivity contribution in [1.29, 1.82) is 0 Å². The Morgan fingerprint density at radius 1 is 1.16 bits per heavy atom. The molecule has 6 heteroatoms. The van der Waals surface area contributed by atoms with Gasteiger partial charge in [0.25, 0.3) is 5.91 Å². The van der Waals surface area contributed by atoms with Gasteiger partial charge in [-0.25, -0.2) is 0 Å². The minimum atomic E-state index is -0.281. The summed E-state index contributed by atoms with van der Waals surface area (Å²) >= 11 is 12.7. The van der Waals surface area contributed by atoms with E-state index in [0.29, 0.717) is 26.4 Å². The molecular weight excluding hydrogens is 395 g/mol. The molecule has 0 aromatic heterocycles. The number of rotatable bonds is 2. The molecule has 0 saturated carbocycles. The Hall–Kier alpha value is -1.04. The molecule has 0 bridgehead atoms. The zero-order valence-corrected chi connectivity index (χ0v) is 13.5. The highest BCUT2D eigenvalue weighted by atomic mass is 79.9. The molecule has 2 rings (SSSR count). The van der Waals surface area contributed by atoms with Crippen molar-refractivity contribution in [3.05, 3.63) is 55.9 Å². The first kappa shape index (κ1) is 14.4. The number of hydrogen-bond donors (Lipinski definition) is 2. The summed E-state index contributed by atoms with van der Waals surface area (Å²) in [6.45, 7) is 0. The fourth-order valence-corrected chi connectivity index (χ4v) is 2.55. The quantitative estimate of drug-likeness (QED) is 0.713. The van der Waals surface area contributed by atoms with Gasteiger partial charge in [-0.3, -0.25) is 4.79 Å². The van der Waals surface area contributed by atoms with E-state index in [0.717, 1.165) is 4.47 Å². The molecule has 0 heterocycles. The van der Waals surface area contributed by atoms with Crippen LogP contribution >= 0.6 is 43.5 Å². The van der Waals surface area contributed by atoms with Crippen molar-refractivity contribution >= 4 is 60.7 Å². The minimum Gasteiger partial charge on any atom is -0.399 e. The zero-order valence-electron chi connectivity index (χ0n) is 9.58. The average Bonchev–Trinajstić information content (AvgIpc) is 2.35. The lowest BCUT2D eigenvalue weighted by atomic mass is 10.2. The van der Waals surface area contributed by atoms with Gasteiger partial charge in [0.15, 0.2) is 0 Å². The number of benzene rings is 2. The van der Waals surface area contributed by atoms with E-state index < -0.39 is 0 Å². The van der Waals surface area contributed by atoms with Crippen LogP contribution in [-0.2, 0) is 0 Å². The van der Waals surface area contributed by atoms with Gasteiger partial charge in [-0.05, 0) is 52.3 Å². The summed E-state index contributed by atoms with van der Waals surface area (Å²) in [7, 11) is 0. The Balaban J connectivity index is 2.28. The van der Waals surface area contributed by atoms with Gasteiger partial charge in [0.2, 0.25) is 0 Å². The summed E-state index contributed by atoms with van der Waals surface area (Å²) in [5, 5.41) is 3.17. The normalized spacial score (nSPS) is 10.3. The van der Waals surface area contributed by atoms with Gasteiger partial charge < -0.3 is 11.1 Å². The SMILES string of the molecule is Nc1ccc(NC(=O)c2cc(Br)ccc2Cl)c(Br)c1. The summed E-state index contributed by atoms with van der Waals surface area (Å²) in [5.41, 5.74) is 7.30. The third-order valence-corrected chi connectivity index (χ3v) is 3.89. The number of carbonyl (C=O) groups excluding carboxylic acids is 1. The third-order valence-electron chi connectivity index (χ3n) is 2.41. The van der Waals surface area contributed by atoms with E-state index >= 15 is 0 Å². The number of nitrogens with two attached hydrogens (primary N) is 1. The van der Waals surface area contributed by atoms with Crippen LogP contribution in [0, 0.1) is 0 Å². The van der Waals surface area contributed by atoms with Crippen LogP contribution < -0.4 is 11.1 Å². The van der Waals surface area contributed by atoms with Gasteiger partial charge in [0.1, 0.15) is 0 Å². The highest BCUT2D eigenvalue weighted by Gasteiger charge is 2.12. The molecule has 0 aliphatic rings. The van der Waals surface area contributed by atoms with E-state index in [1.165, 1.54) is 0 Å². The molecule has 0 radical (unpaired) electrons. The maximum atomic E-state index is 12.2. The molecule has 3 N–H and O–H groups in total. The predicted octanol–water partition coefficient (Wildman–Crippen LogP) is 4.70. The molecule has 1 amide bonds. The van der Waals surface area contributed by atoms with Crippen LogP contribution in [0.5, 0.6) is 0 Å². The van der Waals surface area contributed by atoms with Crippen molar-refractivity contribution in [2.24, 2.45) is 0 Å². The molecule has 0 unspecified atom stereocenters. The molecule has 3 nitrogen and oxygen atoms in total. The lowest BCUT2D eigenvalue weighted by molar-refractivity contribution is 0.102. The van der Waals surface area contributed by atoms with Crippen LogP contribution in [0.25, 0.3) is 0 Å². The van der Waals surface area contributed by atoms with Gasteiger partial charge in [-0.2, -0.15) is 0 Å². The van der Waals surface area contributed by atoms with Crippen LogP contribution in [0.2, 0.25) is 5.02 Å². The van der Waals surface area contributed by atoms with Crippen molar-refractivity contribution in [3.8, 4) is 0 Å². The number of anilines is 2.